The molecule has 0 bridgehead atoms. The van der Waals surface area contributed by atoms with Crippen LogP contribution in [0, 0.1) is 6.92 Å². The first kappa shape index (κ1) is 12.3. The van der Waals surface area contributed by atoms with Crippen molar-refractivity contribution >= 4 is 0 Å². The number of hydrogen-bond acceptors (Lipinski definition) is 3. The van der Waals surface area contributed by atoms with Gasteiger partial charge in [0.05, 0.1) is 6.04 Å². The number of pyridine rings is 1. The second-order valence-electron chi connectivity index (χ2n) is 4.71. The Morgan fingerprint density at radius 1 is 1.35 bits per heavy atom. The number of rotatable bonds is 3. The molecule has 0 aliphatic heterocycles. The van der Waals surface area contributed by atoms with Crippen LogP contribution in [-0.2, 0) is 0 Å². The van der Waals surface area contributed by atoms with Crippen LogP contribution in [0.3, 0.4) is 0 Å². The molecule has 1 heterocycles. The van der Waals surface area contributed by atoms with Gasteiger partial charge in [0, 0.05) is 12.4 Å². The average Bonchev–Trinajstić information content (AvgIpc) is 2.62. The molecule has 0 spiro atoms. The van der Waals surface area contributed by atoms with Crippen molar-refractivity contribution in [2.24, 2.45) is 5.84 Å². The summed E-state index contributed by atoms with van der Waals surface area (Å²) in [7, 11) is 0. The third-order valence-electron chi connectivity index (χ3n) is 3.50. The number of allylic oxidation sites excluding steroid dienone is 1. The normalized spacial score (nSPS) is 18.4. The summed E-state index contributed by atoms with van der Waals surface area (Å²) in [6.45, 7) is 2.11. The van der Waals surface area contributed by atoms with E-state index >= 15 is 0 Å². The van der Waals surface area contributed by atoms with Crippen LogP contribution in [0.4, 0.5) is 0 Å². The van der Waals surface area contributed by atoms with Gasteiger partial charge in [0.25, 0.3) is 0 Å². The Balaban J connectivity index is 2.26. The Bertz CT molecular complexity index is 398. The van der Waals surface area contributed by atoms with Crippen molar-refractivity contribution in [3.63, 3.8) is 0 Å². The molecule has 1 aliphatic rings. The van der Waals surface area contributed by atoms with Crippen LogP contribution in [0.1, 0.15) is 49.3 Å². The molecule has 17 heavy (non-hydrogen) atoms. The van der Waals surface area contributed by atoms with Crippen LogP contribution in [0.5, 0.6) is 0 Å². The molecule has 3 heteroatoms. The van der Waals surface area contributed by atoms with Gasteiger partial charge in [-0.3, -0.25) is 10.8 Å². The maximum Gasteiger partial charge on any atom is 0.0687 e. The first-order valence-corrected chi connectivity index (χ1v) is 6.38. The molecule has 0 aromatic carbocycles. The number of nitrogens with two attached hydrogens (primary N) is 1. The second-order valence-corrected chi connectivity index (χ2v) is 4.71. The molecule has 0 fully saturated rings. The third kappa shape index (κ3) is 2.93. The summed E-state index contributed by atoms with van der Waals surface area (Å²) in [5, 5.41) is 0. The second kappa shape index (κ2) is 5.94. The lowest BCUT2D eigenvalue weighted by molar-refractivity contribution is 0.589. The number of nitrogens with one attached hydrogen (secondary N) is 1. The van der Waals surface area contributed by atoms with E-state index in [1.165, 1.54) is 42.4 Å². The topological polar surface area (TPSA) is 50.9 Å². The first-order chi connectivity index (χ1) is 8.33. The summed E-state index contributed by atoms with van der Waals surface area (Å²) in [5.41, 5.74) is 6.81. The van der Waals surface area contributed by atoms with Gasteiger partial charge in [0.1, 0.15) is 0 Å². The summed E-state index contributed by atoms with van der Waals surface area (Å²) in [4.78, 5) is 4.21. The summed E-state index contributed by atoms with van der Waals surface area (Å²) in [5.74, 6) is 5.74. The Labute approximate surface area is 103 Å². The van der Waals surface area contributed by atoms with Gasteiger partial charge in [-0.15, -0.1) is 0 Å². The van der Waals surface area contributed by atoms with Crippen molar-refractivity contribution in [1.82, 2.24) is 10.4 Å². The van der Waals surface area contributed by atoms with Gasteiger partial charge in [-0.2, -0.15) is 0 Å². The molecule has 3 nitrogen and oxygen atoms in total. The number of hydrogen-bond donors (Lipinski definition) is 2. The molecule has 1 aliphatic carbocycles. The lowest BCUT2D eigenvalue weighted by Gasteiger charge is -2.21. The summed E-state index contributed by atoms with van der Waals surface area (Å²) in [6, 6.07) is 2.17. The first-order valence-electron chi connectivity index (χ1n) is 6.38. The highest BCUT2D eigenvalue weighted by atomic mass is 15.2. The van der Waals surface area contributed by atoms with Crippen LogP contribution in [-0.4, -0.2) is 4.98 Å². The zero-order valence-electron chi connectivity index (χ0n) is 10.4. The highest BCUT2D eigenvalue weighted by Crippen LogP contribution is 2.29. The van der Waals surface area contributed by atoms with Crippen molar-refractivity contribution < 1.29 is 0 Å². The van der Waals surface area contributed by atoms with Crippen molar-refractivity contribution in [2.75, 3.05) is 0 Å². The highest BCUT2D eigenvalue weighted by molar-refractivity contribution is 5.32. The van der Waals surface area contributed by atoms with Gasteiger partial charge >= 0.3 is 0 Å². The third-order valence-corrected chi connectivity index (χ3v) is 3.50. The van der Waals surface area contributed by atoms with Gasteiger partial charge in [-0.25, -0.2) is 5.43 Å². The maximum absolute atomic E-state index is 5.74. The van der Waals surface area contributed by atoms with E-state index in [-0.39, 0.29) is 6.04 Å². The Kier molecular flexibility index (Phi) is 4.29. The van der Waals surface area contributed by atoms with Crippen LogP contribution < -0.4 is 11.3 Å². The van der Waals surface area contributed by atoms with E-state index in [1.54, 1.807) is 0 Å². The molecular weight excluding hydrogens is 210 g/mol. The summed E-state index contributed by atoms with van der Waals surface area (Å²) < 4.78 is 0. The van der Waals surface area contributed by atoms with Gasteiger partial charge in [0.2, 0.25) is 0 Å². The Hall–Kier alpha value is -1.19. The van der Waals surface area contributed by atoms with E-state index in [4.69, 9.17) is 5.84 Å². The standard InChI is InChI=1S/C14H21N3/c1-11-8-9-16-10-13(11)14(17-15)12-6-4-2-3-5-7-12/h6,8-10,14,17H,2-5,7,15H2,1H3. The fourth-order valence-electron chi connectivity index (χ4n) is 2.48. The summed E-state index contributed by atoms with van der Waals surface area (Å²) in [6.07, 6.45) is 12.3. The number of aromatic nitrogens is 1. The minimum atomic E-state index is 0.127. The molecule has 0 amide bonds. The van der Waals surface area contributed by atoms with E-state index in [2.05, 4.69) is 23.4 Å². The average molecular weight is 231 g/mol. The molecule has 3 N–H and O–H groups in total. The van der Waals surface area contributed by atoms with E-state index < -0.39 is 0 Å². The van der Waals surface area contributed by atoms with Crippen LogP contribution in [0.15, 0.2) is 30.1 Å². The van der Waals surface area contributed by atoms with Crippen LogP contribution >= 0.6 is 0 Å². The largest absolute Gasteiger partial charge is 0.271 e. The molecule has 0 radical (unpaired) electrons. The number of nitrogens with zero attached hydrogens (tertiary/aromatic N) is 1. The highest BCUT2D eigenvalue weighted by Gasteiger charge is 2.17. The number of aryl methyl sites for hydroxylation is 1. The van der Waals surface area contributed by atoms with Gasteiger partial charge in [0.15, 0.2) is 0 Å². The van der Waals surface area contributed by atoms with Gasteiger partial charge < -0.3 is 0 Å². The van der Waals surface area contributed by atoms with E-state index in [9.17, 15) is 0 Å². The maximum atomic E-state index is 5.74. The van der Waals surface area contributed by atoms with E-state index in [0.29, 0.717) is 0 Å². The molecule has 1 aromatic heterocycles. The van der Waals surface area contributed by atoms with Crippen molar-refractivity contribution in [3.05, 3.63) is 41.2 Å². The smallest absolute Gasteiger partial charge is 0.0687 e. The molecule has 92 valence electrons. The van der Waals surface area contributed by atoms with Crippen LogP contribution in [0.25, 0.3) is 0 Å². The Morgan fingerprint density at radius 2 is 2.24 bits per heavy atom. The quantitative estimate of drug-likeness (QED) is 0.478. The predicted octanol–water partition coefficient (Wildman–Crippen LogP) is 2.78. The molecule has 2 rings (SSSR count). The van der Waals surface area contributed by atoms with E-state index in [0.717, 1.165) is 6.42 Å². The van der Waals surface area contributed by atoms with Crippen LogP contribution in [0.2, 0.25) is 0 Å². The van der Waals surface area contributed by atoms with Gasteiger partial charge in [-0.05, 0) is 49.8 Å². The zero-order chi connectivity index (χ0) is 12.1. The van der Waals surface area contributed by atoms with E-state index in [1.807, 2.05) is 18.5 Å². The SMILES string of the molecule is Cc1ccncc1C(NN)C1=CCCCCC1. The molecule has 1 atom stereocenters. The molecular formula is C14H21N3. The minimum absolute atomic E-state index is 0.127. The van der Waals surface area contributed by atoms with Gasteiger partial charge in [-0.1, -0.05) is 18.1 Å². The fourth-order valence-corrected chi connectivity index (χ4v) is 2.48. The lowest BCUT2D eigenvalue weighted by atomic mass is 9.94. The molecule has 0 saturated heterocycles. The van der Waals surface area contributed by atoms with Crippen molar-refractivity contribution in [3.8, 4) is 0 Å². The Morgan fingerprint density at radius 3 is 3.00 bits per heavy atom. The molecule has 1 unspecified atom stereocenters. The molecule has 1 aromatic rings. The predicted molar refractivity (Wildman–Crippen MR) is 70.2 cm³/mol. The minimum Gasteiger partial charge on any atom is -0.271 e. The number of hydrazine groups is 1. The fraction of sp³-hybridized carbons (Fsp3) is 0.500. The zero-order valence-corrected chi connectivity index (χ0v) is 10.4. The van der Waals surface area contributed by atoms with Crippen molar-refractivity contribution in [1.29, 1.82) is 0 Å². The lowest BCUT2D eigenvalue weighted by Crippen LogP contribution is -2.30. The summed E-state index contributed by atoms with van der Waals surface area (Å²) >= 11 is 0. The monoisotopic (exact) mass is 231 g/mol. The molecule has 0 saturated carbocycles. The van der Waals surface area contributed by atoms with Crippen molar-refractivity contribution in [2.45, 2.75) is 45.1 Å².